The van der Waals surface area contributed by atoms with Gasteiger partial charge in [0.1, 0.15) is 23.9 Å². The lowest BCUT2D eigenvalue weighted by molar-refractivity contribution is 0.258. The summed E-state index contributed by atoms with van der Waals surface area (Å²) in [5.74, 6) is 7.86. The van der Waals surface area contributed by atoms with Crippen molar-refractivity contribution in [2.75, 3.05) is 20.8 Å². The summed E-state index contributed by atoms with van der Waals surface area (Å²) >= 11 is 0. The Balaban J connectivity index is 2.21. The summed E-state index contributed by atoms with van der Waals surface area (Å²) in [6, 6.07) is 14.9. The maximum absolute atomic E-state index is 5.76. The Labute approximate surface area is 124 Å². The molecule has 0 aliphatic rings. The van der Waals surface area contributed by atoms with Crippen molar-refractivity contribution < 1.29 is 14.2 Å². The Bertz CT molecular complexity index is 538. The normalized spacial score (nSPS) is 11.8. The zero-order valence-corrected chi connectivity index (χ0v) is 12.2. The van der Waals surface area contributed by atoms with Gasteiger partial charge < -0.3 is 14.2 Å². The summed E-state index contributed by atoms with van der Waals surface area (Å²) in [5, 5.41) is 0. The number of nitrogens with two attached hydrogens (primary N) is 1. The Morgan fingerprint density at radius 1 is 0.952 bits per heavy atom. The molecular formula is C16H20N2O3. The van der Waals surface area contributed by atoms with Gasteiger partial charge in [0.05, 0.1) is 25.8 Å². The minimum absolute atomic E-state index is 0.253. The Hall–Kier alpha value is -2.24. The lowest BCUT2D eigenvalue weighted by atomic mass is 10.1. The van der Waals surface area contributed by atoms with Gasteiger partial charge in [-0.1, -0.05) is 24.3 Å². The third kappa shape index (κ3) is 3.65. The maximum atomic E-state index is 5.76. The first-order valence-electron chi connectivity index (χ1n) is 6.65. The molecular weight excluding hydrogens is 268 g/mol. The van der Waals surface area contributed by atoms with Gasteiger partial charge >= 0.3 is 0 Å². The lowest BCUT2D eigenvalue weighted by Crippen LogP contribution is -2.33. The smallest absolute Gasteiger partial charge is 0.127 e. The summed E-state index contributed by atoms with van der Waals surface area (Å²) in [6.07, 6.45) is 0. The van der Waals surface area contributed by atoms with Crippen LogP contribution in [-0.4, -0.2) is 20.8 Å². The molecule has 0 aromatic heterocycles. The molecule has 2 aromatic carbocycles. The highest BCUT2D eigenvalue weighted by Gasteiger charge is 2.20. The summed E-state index contributed by atoms with van der Waals surface area (Å²) in [5.41, 5.74) is 3.59. The molecule has 5 heteroatoms. The first-order chi connectivity index (χ1) is 10.3. The molecule has 1 unspecified atom stereocenters. The zero-order chi connectivity index (χ0) is 15.1. The molecule has 21 heavy (non-hydrogen) atoms. The standard InChI is InChI=1S/C16H20N2O3/c1-19-14-9-6-10-15(20-2)16(14)13(18-17)11-21-12-7-4-3-5-8-12/h3-10,13,18H,11,17H2,1-2H3. The van der Waals surface area contributed by atoms with Crippen LogP contribution in [0.25, 0.3) is 0 Å². The van der Waals surface area contributed by atoms with Gasteiger partial charge in [0.15, 0.2) is 0 Å². The highest BCUT2D eigenvalue weighted by Crippen LogP contribution is 2.33. The number of rotatable bonds is 7. The van der Waals surface area contributed by atoms with Crippen LogP contribution < -0.4 is 25.5 Å². The number of benzene rings is 2. The van der Waals surface area contributed by atoms with Gasteiger partial charge in [-0.25, -0.2) is 5.43 Å². The van der Waals surface area contributed by atoms with Crippen LogP contribution in [0.4, 0.5) is 0 Å². The Morgan fingerprint density at radius 2 is 1.57 bits per heavy atom. The summed E-state index contributed by atoms with van der Waals surface area (Å²) in [4.78, 5) is 0. The second-order valence-corrected chi connectivity index (χ2v) is 4.42. The SMILES string of the molecule is COc1cccc(OC)c1C(COc1ccccc1)NN. The van der Waals surface area contributed by atoms with E-state index in [4.69, 9.17) is 20.1 Å². The first kappa shape index (κ1) is 15.2. The van der Waals surface area contributed by atoms with Crippen LogP contribution in [0.5, 0.6) is 17.2 Å². The van der Waals surface area contributed by atoms with Crippen LogP contribution in [0.15, 0.2) is 48.5 Å². The lowest BCUT2D eigenvalue weighted by Gasteiger charge is -2.21. The van der Waals surface area contributed by atoms with E-state index < -0.39 is 0 Å². The van der Waals surface area contributed by atoms with Crippen molar-refractivity contribution in [3.05, 3.63) is 54.1 Å². The van der Waals surface area contributed by atoms with Crippen LogP contribution in [0.2, 0.25) is 0 Å². The van der Waals surface area contributed by atoms with E-state index in [1.807, 2.05) is 48.5 Å². The third-order valence-corrected chi connectivity index (χ3v) is 3.18. The first-order valence-corrected chi connectivity index (χ1v) is 6.65. The van der Waals surface area contributed by atoms with Gasteiger partial charge in [-0.05, 0) is 24.3 Å². The molecule has 1 atom stereocenters. The molecule has 0 saturated heterocycles. The fraction of sp³-hybridized carbons (Fsp3) is 0.250. The third-order valence-electron chi connectivity index (χ3n) is 3.18. The van der Waals surface area contributed by atoms with Crippen molar-refractivity contribution in [2.24, 2.45) is 5.84 Å². The predicted octanol–water partition coefficient (Wildman–Crippen LogP) is 2.29. The topological polar surface area (TPSA) is 65.7 Å². The van der Waals surface area contributed by atoms with E-state index in [0.717, 1.165) is 11.3 Å². The summed E-state index contributed by atoms with van der Waals surface area (Å²) in [7, 11) is 3.23. The number of hydrogen-bond donors (Lipinski definition) is 2. The molecule has 0 fully saturated rings. The minimum atomic E-state index is -0.253. The van der Waals surface area contributed by atoms with Gasteiger partial charge in [0, 0.05) is 0 Å². The fourth-order valence-corrected chi connectivity index (χ4v) is 2.13. The van der Waals surface area contributed by atoms with E-state index in [1.54, 1.807) is 14.2 Å². The average molecular weight is 288 g/mol. The molecule has 0 amide bonds. The number of methoxy groups -OCH3 is 2. The molecule has 0 aliphatic carbocycles. The molecule has 0 heterocycles. The monoisotopic (exact) mass is 288 g/mol. The van der Waals surface area contributed by atoms with E-state index in [-0.39, 0.29) is 6.04 Å². The van der Waals surface area contributed by atoms with Gasteiger partial charge in [-0.2, -0.15) is 0 Å². The summed E-state index contributed by atoms with van der Waals surface area (Å²) in [6.45, 7) is 0.358. The zero-order valence-electron chi connectivity index (χ0n) is 12.2. The van der Waals surface area contributed by atoms with Crippen molar-refractivity contribution in [1.29, 1.82) is 0 Å². The molecule has 112 valence electrons. The van der Waals surface area contributed by atoms with Crippen molar-refractivity contribution >= 4 is 0 Å². The minimum Gasteiger partial charge on any atom is -0.496 e. The molecule has 0 saturated carbocycles. The molecule has 3 N–H and O–H groups in total. The maximum Gasteiger partial charge on any atom is 0.127 e. The second-order valence-electron chi connectivity index (χ2n) is 4.42. The van der Waals surface area contributed by atoms with Gasteiger partial charge in [0.2, 0.25) is 0 Å². The van der Waals surface area contributed by atoms with E-state index in [0.29, 0.717) is 18.1 Å². The van der Waals surface area contributed by atoms with Crippen LogP contribution in [-0.2, 0) is 0 Å². The number of para-hydroxylation sites is 1. The number of nitrogens with one attached hydrogen (secondary N) is 1. The molecule has 2 aromatic rings. The van der Waals surface area contributed by atoms with E-state index >= 15 is 0 Å². The number of hydrogen-bond acceptors (Lipinski definition) is 5. The molecule has 0 aliphatic heterocycles. The Kier molecular flexibility index (Phi) is 5.43. The predicted molar refractivity (Wildman–Crippen MR) is 81.5 cm³/mol. The fourth-order valence-electron chi connectivity index (χ4n) is 2.13. The molecule has 2 rings (SSSR count). The van der Waals surface area contributed by atoms with E-state index in [1.165, 1.54) is 0 Å². The van der Waals surface area contributed by atoms with Crippen LogP contribution >= 0.6 is 0 Å². The highest BCUT2D eigenvalue weighted by atomic mass is 16.5. The van der Waals surface area contributed by atoms with E-state index in [2.05, 4.69) is 5.43 Å². The quantitative estimate of drug-likeness (QED) is 0.604. The molecule has 5 nitrogen and oxygen atoms in total. The molecule has 0 spiro atoms. The number of ether oxygens (including phenoxy) is 3. The number of hydrazine groups is 1. The van der Waals surface area contributed by atoms with Crippen molar-refractivity contribution in [1.82, 2.24) is 5.43 Å². The van der Waals surface area contributed by atoms with Gasteiger partial charge in [-0.15, -0.1) is 0 Å². The van der Waals surface area contributed by atoms with Crippen molar-refractivity contribution in [2.45, 2.75) is 6.04 Å². The van der Waals surface area contributed by atoms with Crippen LogP contribution in [0.1, 0.15) is 11.6 Å². The van der Waals surface area contributed by atoms with E-state index in [9.17, 15) is 0 Å². The molecule has 0 bridgehead atoms. The summed E-state index contributed by atoms with van der Waals surface area (Å²) < 4.78 is 16.5. The Morgan fingerprint density at radius 3 is 2.10 bits per heavy atom. The van der Waals surface area contributed by atoms with Crippen LogP contribution in [0.3, 0.4) is 0 Å². The van der Waals surface area contributed by atoms with Gasteiger partial charge in [0.25, 0.3) is 0 Å². The van der Waals surface area contributed by atoms with Gasteiger partial charge in [-0.3, -0.25) is 5.84 Å². The second kappa shape index (κ2) is 7.52. The average Bonchev–Trinajstić information content (AvgIpc) is 2.56. The van der Waals surface area contributed by atoms with Crippen molar-refractivity contribution in [3.63, 3.8) is 0 Å². The molecule has 0 radical (unpaired) electrons. The van der Waals surface area contributed by atoms with Crippen LogP contribution in [0, 0.1) is 0 Å². The highest BCUT2D eigenvalue weighted by molar-refractivity contribution is 5.47. The van der Waals surface area contributed by atoms with Crippen molar-refractivity contribution in [3.8, 4) is 17.2 Å². The largest absolute Gasteiger partial charge is 0.496 e.